The molecule has 9 nitrogen and oxygen atoms in total. The lowest BCUT2D eigenvalue weighted by molar-refractivity contribution is -0.391. The molecule has 3 aromatic heterocycles. The summed E-state index contributed by atoms with van der Waals surface area (Å²) >= 11 is 0. The van der Waals surface area contributed by atoms with Crippen LogP contribution in [0, 0.1) is 10.1 Å². The number of hydrogen-bond donors (Lipinski definition) is 2. The van der Waals surface area contributed by atoms with Crippen LogP contribution in [0.25, 0.3) is 5.65 Å². The van der Waals surface area contributed by atoms with Crippen LogP contribution >= 0.6 is 0 Å². The lowest BCUT2D eigenvalue weighted by atomic mass is 10.1. The molecule has 0 amide bonds. The first-order chi connectivity index (χ1) is 10.7. The van der Waals surface area contributed by atoms with Gasteiger partial charge in [-0.2, -0.15) is 0 Å². The molecule has 1 unspecified atom stereocenters. The number of nitrogens with zero attached hydrogens (tertiary/aromatic N) is 4. The fraction of sp³-hybridized carbons (Fsp3) is 0.231. The molecular weight excluding hydrogens is 290 g/mol. The van der Waals surface area contributed by atoms with Crippen LogP contribution in [0.2, 0.25) is 0 Å². The van der Waals surface area contributed by atoms with E-state index >= 15 is 0 Å². The van der Waals surface area contributed by atoms with Crippen LogP contribution in [0.4, 0.5) is 11.6 Å². The van der Waals surface area contributed by atoms with E-state index in [1.165, 1.54) is 0 Å². The number of rotatable bonds is 6. The van der Waals surface area contributed by atoms with Crippen molar-refractivity contribution in [3.63, 3.8) is 0 Å². The Kier molecular flexibility index (Phi) is 3.71. The van der Waals surface area contributed by atoms with E-state index in [-0.39, 0.29) is 18.5 Å². The smallest absolute Gasteiger partial charge is 0.368 e. The molecular formula is C13H13N5O4. The molecule has 3 aromatic rings. The van der Waals surface area contributed by atoms with E-state index in [0.717, 1.165) is 10.7 Å². The number of aliphatic hydroxyl groups is 1. The van der Waals surface area contributed by atoms with Gasteiger partial charge in [-0.1, -0.05) is 9.61 Å². The maximum Gasteiger partial charge on any atom is 0.368 e. The zero-order chi connectivity index (χ0) is 15.5. The highest BCUT2D eigenvalue weighted by atomic mass is 16.6. The number of furan rings is 1. The molecule has 0 aliphatic rings. The van der Waals surface area contributed by atoms with E-state index in [1.807, 2.05) is 0 Å². The van der Waals surface area contributed by atoms with Crippen LogP contribution in [0.1, 0.15) is 18.2 Å². The second-order valence-electron chi connectivity index (χ2n) is 4.59. The quantitative estimate of drug-likeness (QED) is 0.526. The minimum absolute atomic E-state index is 0.0359. The summed E-state index contributed by atoms with van der Waals surface area (Å²) in [7, 11) is 0. The molecule has 0 saturated carbocycles. The number of nitrogens with one attached hydrogen (secondary N) is 1. The van der Waals surface area contributed by atoms with E-state index < -0.39 is 4.92 Å². The van der Waals surface area contributed by atoms with Crippen LogP contribution in [0.3, 0.4) is 0 Å². The standard InChI is InChI=1S/C13H13N5O4/c19-6-5-9(10-2-1-7-22-10)15-11-3-4-12-14-8-13(18(20)21)17(12)16-11/h1-4,7-9,19H,5-6H2,(H,15,16). The van der Waals surface area contributed by atoms with Crippen molar-refractivity contribution in [1.82, 2.24) is 14.6 Å². The van der Waals surface area contributed by atoms with Gasteiger partial charge in [0.1, 0.15) is 12.0 Å². The van der Waals surface area contributed by atoms with Crippen LogP contribution in [-0.4, -0.2) is 31.2 Å². The van der Waals surface area contributed by atoms with Crippen LogP contribution in [0.5, 0.6) is 0 Å². The Morgan fingerprint density at radius 1 is 1.45 bits per heavy atom. The van der Waals surface area contributed by atoms with Gasteiger partial charge in [0.05, 0.1) is 12.3 Å². The van der Waals surface area contributed by atoms with Crippen molar-refractivity contribution in [2.75, 3.05) is 11.9 Å². The average molecular weight is 303 g/mol. The number of aromatic nitrogens is 3. The SMILES string of the molecule is O=[N+]([O-])c1cnc2ccc(NC(CCO)c3ccco3)nn12. The van der Waals surface area contributed by atoms with E-state index in [2.05, 4.69) is 15.4 Å². The first-order valence-electron chi connectivity index (χ1n) is 6.59. The molecule has 0 aliphatic heterocycles. The Morgan fingerprint density at radius 3 is 3.00 bits per heavy atom. The second-order valence-corrected chi connectivity index (χ2v) is 4.59. The summed E-state index contributed by atoms with van der Waals surface area (Å²) in [6.45, 7) is -0.0359. The van der Waals surface area contributed by atoms with Gasteiger partial charge in [-0.25, -0.2) is 4.98 Å². The number of hydrogen-bond acceptors (Lipinski definition) is 7. The molecule has 3 rings (SSSR count). The average Bonchev–Trinajstić information content (AvgIpc) is 3.16. The van der Waals surface area contributed by atoms with Crippen molar-refractivity contribution in [1.29, 1.82) is 0 Å². The van der Waals surface area contributed by atoms with Crippen molar-refractivity contribution in [3.8, 4) is 0 Å². The molecule has 3 heterocycles. The summed E-state index contributed by atoms with van der Waals surface area (Å²) < 4.78 is 6.48. The lowest BCUT2D eigenvalue weighted by Gasteiger charge is -2.15. The van der Waals surface area contributed by atoms with Crippen LogP contribution < -0.4 is 5.32 Å². The Balaban J connectivity index is 1.92. The molecule has 0 aromatic carbocycles. The fourth-order valence-electron chi connectivity index (χ4n) is 2.15. The molecule has 0 fully saturated rings. The van der Waals surface area contributed by atoms with Crippen LogP contribution in [-0.2, 0) is 0 Å². The number of nitro groups is 1. The van der Waals surface area contributed by atoms with Gasteiger partial charge in [-0.3, -0.25) is 0 Å². The Morgan fingerprint density at radius 2 is 2.32 bits per heavy atom. The monoisotopic (exact) mass is 303 g/mol. The van der Waals surface area contributed by atoms with Gasteiger partial charge in [0.25, 0.3) is 0 Å². The topological polar surface area (TPSA) is 119 Å². The number of imidazole rings is 1. The molecule has 0 spiro atoms. The van der Waals surface area contributed by atoms with Gasteiger partial charge >= 0.3 is 5.82 Å². The minimum atomic E-state index is -0.547. The van der Waals surface area contributed by atoms with Crippen molar-refractivity contribution in [3.05, 3.63) is 52.6 Å². The van der Waals surface area contributed by atoms with Gasteiger partial charge in [-0.05, 0) is 29.5 Å². The minimum Gasteiger partial charge on any atom is -0.467 e. The van der Waals surface area contributed by atoms with Gasteiger partial charge in [0.2, 0.25) is 5.65 Å². The Labute approximate surface area is 124 Å². The summed E-state index contributed by atoms with van der Waals surface area (Å²) in [6, 6.07) is 6.54. The number of anilines is 1. The summed E-state index contributed by atoms with van der Waals surface area (Å²) in [5.74, 6) is 0.856. The highest BCUT2D eigenvalue weighted by Crippen LogP contribution is 2.23. The molecule has 2 N–H and O–H groups in total. The third-order valence-corrected chi connectivity index (χ3v) is 3.16. The molecule has 0 radical (unpaired) electrons. The summed E-state index contributed by atoms with van der Waals surface area (Å²) in [6.07, 6.45) is 3.11. The lowest BCUT2D eigenvalue weighted by Crippen LogP contribution is -2.14. The third kappa shape index (κ3) is 2.61. The van der Waals surface area contributed by atoms with E-state index in [4.69, 9.17) is 9.52 Å². The van der Waals surface area contributed by atoms with E-state index in [9.17, 15) is 10.1 Å². The zero-order valence-corrected chi connectivity index (χ0v) is 11.4. The van der Waals surface area contributed by atoms with Gasteiger partial charge < -0.3 is 25.0 Å². The molecule has 1 atom stereocenters. The molecule has 114 valence electrons. The highest BCUT2D eigenvalue weighted by molar-refractivity contribution is 5.48. The van der Waals surface area contributed by atoms with Crippen molar-refractivity contribution in [2.45, 2.75) is 12.5 Å². The van der Waals surface area contributed by atoms with Crippen molar-refractivity contribution >= 4 is 17.3 Å². The van der Waals surface area contributed by atoms with Crippen LogP contribution in [0.15, 0.2) is 41.1 Å². The molecule has 0 bridgehead atoms. The second kappa shape index (κ2) is 5.82. The summed E-state index contributed by atoms with van der Waals surface area (Å²) in [4.78, 5) is 14.3. The van der Waals surface area contributed by atoms with Gasteiger partial charge in [0, 0.05) is 12.7 Å². The molecule has 0 aliphatic carbocycles. The molecule has 22 heavy (non-hydrogen) atoms. The van der Waals surface area contributed by atoms with E-state index in [1.54, 1.807) is 30.5 Å². The van der Waals surface area contributed by atoms with E-state index in [0.29, 0.717) is 23.6 Å². The summed E-state index contributed by atoms with van der Waals surface area (Å²) in [5, 5.41) is 27.4. The van der Waals surface area contributed by atoms with Crippen molar-refractivity contribution < 1.29 is 14.4 Å². The van der Waals surface area contributed by atoms with Crippen molar-refractivity contribution in [2.24, 2.45) is 0 Å². The number of fused-ring (bicyclic) bond motifs is 1. The maximum absolute atomic E-state index is 10.9. The van der Waals surface area contributed by atoms with Gasteiger partial charge in [0.15, 0.2) is 5.82 Å². The Hall–Kier alpha value is -2.94. The number of aliphatic hydroxyl groups excluding tert-OH is 1. The maximum atomic E-state index is 10.9. The summed E-state index contributed by atoms with van der Waals surface area (Å²) in [5.41, 5.74) is 0.383. The predicted octanol–water partition coefficient (Wildman–Crippen LogP) is 1.77. The first-order valence-corrected chi connectivity index (χ1v) is 6.59. The van der Waals surface area contributed by atoms with Gasteiger partial charge in [-0.15, -0.1) is 0 Å². The largest absolute Gasteiger partial charge is 0.467 e. The normalized spacial score (nSPS) is 12.4. The zero-order valence-electron chi connectivity index (χ0n) is 11.4. The molecule has 9 heteroatoms. The third-order valence-electron chi connectivity index (χ3n) is 3.16. The molecule has 0 saturated heterocycles. The predicted molar refractivity (Wildman–Crippen MR) is 76.4 cm³/mol. The Bertz CT molecular complexity index is 783. The highest BCUT2D eigenvalue weighted by Gasteiger charge is 2.19. The fourth-order valence-corrected chi connectivity index (χ4v) is 2.15. The first kappa shape index (κ1) is 14.0.